The third-order valence-electron chi connectivity index (χ3n) is 3.17. The molecule has 0 fully saturated rings. The average molecular weight is 312 g/mol. The Balaban J connectivity index is 2.70. The van der Waals surface area contributed by atoms with E-state index >= 15 is 0 Å². The zero-order valence-corrected chi connectivity index (χ0v) is 12.5. The first-order chi connectivity index (χ1) is 10.4. The van der Waals surface area contributed by atoms with Crippen LogP contribution in [0.1, 0.15) is 25.3 Å². The van der Waals surface area contributed by atoms with Crippen LogP contribution >= 0.6 is 0 Å². The van der Waals surface area contributed by atoms with Crippen molar-refractivity contribution in [1.29, 1.82) is 0 Å². The molecule has 0 bridgehead atoms. The van der Waals surface area contributed by atoms with Crippen molar-refractivity contribution < 1.29 is 24.2 Å². The number of halogens is 1. The van der Waals surface area contributed by atoms with Gasteiger partial charge < -0.3 is 20.4 Å². The molecule has 1 aromatic carbocycles. The van der Waals surface area contributed by atoms with Gasteiger partial charge in [0.15, 0.2) is 0 Å². The van der Waals surface area contributed by atoms with Gasteiger partial charge in [0.2, 0.25) is 0 Å². The topological polar surface area (TPSA) is 89.9 Å². The van der Waals surface area contributed by atoms with E-state index in [1.165, 1.54) is 6.07 Å². The highest BCUT2D eigenvalue weighted by Crippen LogP contribution is 2.21. The number of hydrogen-bond acceptors (Lipinski definition) is 4. The van der Waals surface area contributed by atoms with Gasteiger partial charge in [-0.3, -0.25) is 9.59 Å². The Kier molecular flexibility index (Phi) is 7.31. The fraction of sp³-hybridized carbons (Fsp3) is 0.467. The number of nitrogens with zero attached hydrogens (tertiary/aromatic N) is 1. The number of rotatable bonds is 10. The summed E-state index contributed by atoms with van der Waals surface area (Å²) in [6.07, 6.45) is -0.0396. The quantitative estimate of drug-likeness (QED) is 0.570. The lowest BCUT2D eigenvalue weighted by Crippen LogP contribution is -2.27. The van der Waals surface area contributed by atoms with Crippen LogP contribution in [0.15, 0.2) is 18.2 Å². The number of carboxylic acids is 2. The summed E-state index contributed by atoms with van der Waals surface area (Å²) in [6, 6.07) is 4.62. The first kappa shape index (κ1) is 17.9. The minimum absolute atomic E-state index is 0.0216. The van der Waals surface area contributed by atoms with Crippen LogP contribution in [-0.4, -0.2) is 41.8 Å². The van der Waals surface area contributed by atoms with Crippen molar-refractivity contribution in [3.8, 4) is 0 Å². The largest absolute Gasteiger partial charge is 0.481 e. The van der Waals surface area contributed by atoms with Crippen molar-refractivity contribution in [2.45, 2.75) is 26.3 Å². The van der Waals surface area contributed by atoms with E-state index < -0.39 is 17.8 Å². The summed E-state index contributed by atoms with van der Waals surface area (Å²) in [5.41, 5.74) is 1.18. The third kappa shape index (κ3) is 6.09. The van der Waals surface area contributed by atoms with Crippen LogP contribution in [0.4, 0.5) is 10.1 Å². The molecule has 7 heteroatoms. The van der Waals surface area contributed by atoms with Gasteiger partial charge >= 0.3 is 11.9 Å². The summed E-state index contributed by atoms with van der Waals surface area (Å²) < 4.78 is 13.9. The predicted molar refractivity (Wildman–Crippen MR) is 80.5 cm³/mol. The Labute approximate surface area is 128 Å². The summed E-state index contributed by atoms with van der Waals surface area (Å²) in [5.74, 6) is -2.20. The zero-order chi connectivity index (χ0) is 16.5. The van der Waals surface area contributed by atoms with Crippen molar-refractivity contribution in [3.63, 3.8) is 0 Å². The maximum Gasteiger partial charge on any atom is 0.305 e. The van der Waals surface area contributed by atoms with Gasteiger partial charge in [0.25, 0.3) is 0 Å². The lowest BCUT2D eigenvalue weighted by molar-refractivity contribution is -0.137. The molecule has 0 heterocycles. The van der Waals surface area contributed by atoms with Crippen molar-refractivity contribution >= 4 is 17.6 Å². The Hall–Kier alpha value is -2.15. The monoisotopic (exact) mass is 312 g/mol. The van der Waals surface area contributed by atoms with Crippen LogP contribution in [0.5, 0.6) is 0 Å². The number of aliphatic carboxylic acids is 2. The fourth-order valence-electron chi connectivity index (χ4n) is 2.02. The van der Waals surface area contributed by atoms with Crippen molar-refractivity contribution in [1.82, 2.24) is 5.32 Å². The van der Waals surface area contributed by atoms with Crippen LogP contribution in [0.25, 0.3) is 0 Å². The minimum Gasteiger partial charge on any atom is -0.481 e. The van der Waals surface area contributed by atoms with Gasteiger partial charge in [-0.1, -0.05) is 6.07 Å². The predicted octanol–water partition coefficient (Wildman–Crippen LogP) is 1.69. The first-order valence-electron chi connectivity index (χ1n) is 7.11. The molecule has 0 atom stereocenters. The van der Waals surface area contributed by atoms with Crippen LogP contribution in [0.3, 0.4) is 0 Å². The fourth-order valence-corrected chi connectivity index (χ4v) is 2.02. The van der Waals surface area contributed by atoms with Gasteiger partial charge in [-0.25, -0.2) is 4.39 Å². The first-order valence-corrected chi connectivity index (χ1v) is 7.11. The van der Waals surface area contributed by atoms with Crippen LogP contribution < -0.4 is 10.2 Å². The molecular weight excluding hydrogens is 291 g/mol. The number of benzene rings is 1. The molecule has 0 radical (unpaired) electrons. The summed E-state index contributed by atoms with van der Waals surface area (Å²) in [6.45, 7) is 3.33. The molecule has 6 nitrogen and oxygen atoms in total. The lowest BCUT2D eigenvalue weighted by Gasteiger charge is -2.23. The number of carboxylic acid groups (broad SMARTS) is 2. The van der Waals surface area contributed by atoms with Crippen LogP contribution in [0, 0.1) is 5.82 Å². The van der Waals surface area contributed by atoms with Gasteiger partial charge in [0.1, 0.15) is 5.82 Å². The van der Waals surface area contributed by atoms with E-state index in [1.807, 2.05) is 6.92 Å². The normalized spacial score (nSPS) is 10.5. The van der Waals surface area contributed by atoms with Gasteiger partial charge in [0.05, 0.1) is 18.5 Å². The van der Waals surface area contributed by atoms with E-state index in [1.54, 1.807) is 17.0 Å². The molecule has 0 spiro atoms. The minimum atomic E-state index is -0.926. The summed E-state index contributed by atoms with van der Waals surface area (Å²) >= 11 is 0. The molecule has 0 unspecified atom stereocenters. The summed E-state index contributed by atoms with van der Waals surface area (Å²) in [5, 5.41) is 20.3. The van der Waals surface area contributed by atoms with E-state index in [0.717, 1.165) is 5.56 Å². The Morgan fingerprint density at radius 3 is 2.50 bits per heavy atom. The smallest absolute Gasteiger partial charge is 0.305 e. The van der Waals surface area contributed by atoms with Gasteiger partial charge in [-0.2, -0.15) is 0 Å². The second kappa shape index (κ2) is 8.99. The molecule has 22 heavy (non-hydrogen) atoms. The van der Waals surface area contributed by atoms with E-state index in [0.29, 0.717) is 25.3 Å². The summed E-state index contributed by atoms with van der Waals surface area (Å²) in [7, 11) is 0. The van der Waals surface area contributed by atoms with Crippen molar-refractivity contribution in [2.24, 2.45) is 0 Å². The van der Waals surface area contributed by atoms with Crippen LogP contribution in [0.2, 0.25) is 0 Å². The molecule has 0 saturated heterocycles. The second-order valence-corrected chi connectivity index (χ2v) is 4.83. The Morgan fingerprint density at radius 2 is 1.91 bits per heavy atom. The van der Waals surface area contributed by atoms with Crippen molar-refractivity contribution in [3.05, 3.63) is 29.6 Å². The molecular formula is C15H21FN2O4. The van der Waals surface area contributed by atoms with E-state index in [9.17, 15) is 14.0 Å². The average Bonchev–Trinajstić information content (AvgIpc) is 2.46. The lowest BCUT2D eigenvalue weighted by atomic mass is 10.1. The summed E-state index contributed by atoms with van der Waals surface area (Å²) in [4.78, 5) is 22.7. The van der Waals surface area contributed by atoms with Gasteiger partial charge in [0, 0.05) is 26.2 Å². The molecule has 0 aliphatic heterocycles. The second-order valence-electron chi connectivity index (χ2n) is 4.83. The zero-order valence-electron chi connectivity index (χ0n) is 12.5. The highest BCUT2D eigenvalue weighted by atomic mass is 19.1. The number of nitrogens with one attached hydrogen (secondary N) is 1. The number of carbonyl (C=O) groups is 2. The molecule has 0 aromatic heterocycles. The Bertz CT molecular complexity index is 522. The molecule has 0 aliphatic rings. The molecule has 122 valence electrons. The van der Waals surface area contributed by atoms with Gasteiger partial charge in [-0.15, -0.1) is 0 Å². The standard InChI is InChI=1S/C15H21FN2O4/c1-2-18(8-6-15(21)22)13-9-11(3-4-12(13)16)10-17-7-5-14(19)20/h3-4,9,17H,2,5-8,10H2,1H3,(H,19,20)(H,21,22). The maximum absolute atomic E-state index is 13.9. The molecule has 3 N–H and O–H groups in total. The number of anilines is 1. The highest BCUT2D eigenvalue weighted by Gasteiger charge is 2.12. The van der Waals surface area contributed by atoms with E-state index in [2.05, 4.69) is 5.32 Å². The van der Waals surface area contributed by atoms with Gasteiger partial charge in [-0.05, 0) is 24.6 Å². The molecule has 0 aliphatic carbocycles. The van der Waals surface area contributed by atoms with E-state index in [4.69, 9.17) is 10.2 Å². The van der Waals surface area contributed by atoms with Crippen LogP contribution in [-0.2, 0) is 16.1 Å². The molecule has 0 saturated carbocycles. The Morgan fingerprint density at radius 1 is 1.23 bits per heavy atom. The van der Waals surface area contributed by atoms with E-state index in [-0.39, 0.29) is 19.4 Å². The maximum atomic E-state index is 13.9. The molecule has 0 amide bonds. The number of hydrogen-bond donors (Lipinski definition) is 3. The molecule has 1 rings (SSSR count). The SMILES string of the molecule is CCN(CCC(=O)O)c1cc(CNCCC(=O)O)ccc1F. The van der Waals surface area contributed by atoms with Crippen molar-refractivity contribution in [2.75, 3.05) is 24.5 Å². The third-order valence-corrected chi connectivity index (χ3v) is 3.17. The highest BCUT2D eigenvalue weighted by molar-refractivity contribution is 5.68. The molecule has 1 aromatic rings.